The van der Waals surface area contributed by atoms with Crippen LogP contribution in [0.2, 0.25) is 0 Å². The van der Waals surface area contributed by atoms with E-state index in [1.54, 1.807) is 0 Å². The number of hydrogen-bond acceptors (Lipinski definition) is 3. The summed E-state index contributed by atoms with van der Waals surface area (Å²) in [6.07, 6.45) is 3.92. The Bertz CT molecular complexity index is 444. The topological polar surface area (TPSA) is 62.3 Å². The van der Waals surface area contributed by atoms with Gasteiger partial charge in [-0.2, -0.15) is 0 Å². The van der Waals surface area contributed by atoms with Gasteiger partial charge in [-0.15, -0.1) is 0 Å². The smallest absolute Gasteiger partial charge is 0.131 e. The Balaban J connectivity index is 1.92. The molecule has 1 aliphatic rings. The van der Waals surface area contributed by atoms with Gasteiger partial charge in [0.25, 0.3) is 0 Å². The number of piperidine rings is 1. The van der Waals surface area contributed by atoms with E-state index in [9.17, 15) is 0 Å². The molecule has 1 aliphatic heterocycles. The van der Waals surface area contributed by atoms with E-state index in [-0.39, 0.29) is 5.84 Å². The molecule has 2 rings (SSSR count). The van der Waals surface area contributed by atoms with Crippen LogP contribution < -0.4 is 10.5 Å². The lowest BCUT2D eigenvalue weighted by atomic mass is 10.1. The average molecular weight is 326 g/mol. The number of nitrogens with two attached hydrogens (primary N) is 1. The molecule has 0 saturated carbocycles. The van der Waals surface area contributed by atoms with Crippen LogP contribution in [0.3, 0.4) is 0 Å². The summed E-state index contributed by atoms with van der Waals surface area (Å²) >= 11 is 3.40. The Labute approximate surface area is 122 Å². The van der Waals surface area contributed by atoms with Gasteiger partial charge in [-0.05, 0) is 54.0 Å². The highest BCUT2D eigenvalue weighted by molar-refractivity contribution is 9.10. The van der Waals surface area contributed by atoms with Crippen LogP contribution in [0.4, 0.5) is 0 Å². The summed E-state index contributed by atoms with van der Waals surface area (Å²) in [6, 6.07) is 5.62. The zero-order valence-electron chi connectivity index (χ0n) is 11.0. The lowest BCUT2D eigenvalue weighted by molar-refractivity contribution is 0.183. The van der Waals surface area contributed by atoms with Crippen LogP contribution >= 0.6 is 15.9 Å². The summed E-state index contributed by atoms with van der Waals surface area (Å²) in [4.78, 5) is 2.43. The van der Waals surface area contributed by atoms with Crippen molar-refractivity contribution < 1.29 is 4.74 Å². The van der Waals surface area contributed by atoms with Crippen molar-refractivity contribution in [2.45, 2.75) is 19.3 Å². The third-order valence-corrected chi connectivity index (χ3v) is 4.02. The minimum Gasteiger partial charge on any atom is -0.491 e. The molecule has 0 unspecified atom stereocenters. The lowest BCUT2D eigenvalue weighted by Gasteiger charge is -2.26. The highest BCUT2D eigenvalue weighted by Crippen LogP contribution is 2.26. The molecule has 0 atom stereocenters. The van der Waals surface area contributed by atoms with E-state index in [2.05, 4.69) is 20.8 Å². The van der Waals surface area contributed by atoms with Crippen LogP contribution in [0.1, 0.15) is 24.8 Å². The van der Waals surface area contributed by atoms with E-state index in [0.717, 1.165) is 11.0 Å². The van der Waals surface area contributed by atoms with E-state index >= 15 is 0 Å². The monoisotopic (exact) mass is 325 g/mol. The Hall–Kier alpha value is -1.07. The Morgan fingerprint density at radius 3 is 2.74 bits per heavy atom. The lowest BCUT2D eigenvalue weighted by Crippen LogP contribution is -2.33. The summed E-state index contributed by atoms with van der Waals surface area (Å²) in [6.45, 7) is 3.91. The fraction of sp³-hybridized carbons (Fsp3) is 0.500. The molecule has 104 valence electrons. The zero-order valence-corrected chi connectivity index (χ0v) is 12.6. The molecule has 1 saturated heterocycles. The van der Waals surface area contributed by atoms with Crippen LogP contribution in [0, 0.1) is 5.41 Å². The maximum absolute atomic E-state index is 7.61. The molecule has 0 aliphatic carbocycles. The number of halogens is 1. The number of ether oxygens (including phenoxy) is 1. The number of amidine groups is 1. The van der Waals surface area contributed by atoms with E-state index < -0.39 is 0 Å². The summed E-state index contributed by atoms with van der Waals surface area (Å²) in [7, 11) is 0. The summed E-state index contributed by atoms with van der Waals surface area (Å²) in [5.74, 6) is 0.708. The highest BCUT2D eigenvalue weighted by atomic mass is 79.9. The first-order chi connectivity index (χ1) is 9.18. The SMILES string of the molecule is N=C(N)c1c(Br)cccc1OCCN1CCCCC1. The van der Waals surface area contributed by atoms with Crippen LogP contribution in [-0.2, 0) is 0 Å². The van der Waals surface area contributed by atoms with Crippen molar-refractivity contribution in [3.05, 3.63) is 28.2 Å². The number of benzene rings is 1. The van der Waals surface area contributed by atoms with Gasteiger partial charge in [-0.1, -0.05) is 12.5 Å². The summed E-state index contributed by atoms with van der Waals surface area (Å²) in [5, 5.41) is 7.61. The van der Waals surface area contributed by atoms with Crippen molar-refractivity contribution >= 4 is 21.8 Å². The fourth-order valence-electron chi connectivity index (χ4n) is 2.35. The van der Waals surface area contributed by atoms with Gasteiger partial charge in [0.15, 0.2) is 0 Å². The van der Waals surface area contributed by atoms with E-state index in [1.807, 2.05) is 18.2 Å². The highest BCUT2D eigenvalue weighted by Gasteiger charge is 2.12. The van der Waals surface area contributed by atoms with Gasteiger partial charge in [0.2, 0.25) is 0 Å². The molecule has 0 aromatic heterocycles. The van der Waals surface area contributed by atoms with Crippen LogP contribution in [0.25, 0.3) is 0 Å². The molecule has 1 aromatic carbocycles. The molecule has 0 radical (unpaired) electrons. The number of nitrogens with zero attached hydrogens (tertiary/aromatic N) is 1. The van der Waals surface area contributed by atoms with Gasteiger partial charge in [0, 0.05) is 11.0 Å². The third-order valence-electron chi connectivity index (χ3n) is 3.36. The molecule has 1 aromatic rings. The minimum atomic E-state index is 0.0282. The summed E-state index contributed by atoms with van der Waals surface area (Å²) < 4.78 is 6.59. The molecule has 1 heterocycles. The van der Waals surface area contributed by atoms with Crippen molar-refractivity contribution in [1.82, 2.24) is 4.90 Å². The van der Waals surface area contributed by atoms with Gasteiger partial charge >= 0.3 is 0 Å². The van der Waals surface area contributed by atoms with Crippen LogP contribution in [0.5, 0.6) is 5.75 Å². The molecule has 3 N–H and O–H groups in total. The van der Waals surface area contributed by atoms with Crippen molar-refractivity contribution in [1.29, 1.82) is 5.41 Å². The Kier molecular flexibility index (Phi) is 5.22. The summed E-state index contributed by atoms with van der Waals surface area (Å²) in [5.41, 5.74) is 6.23. The fourth-order valence-corrected chi connectivity index (χ4v) is 2.92. The predicted octanol–water partition coefficient (Wildman–Crippen LogP) is 2.60. The van der Waals surface area contributed by atoms with Gasteiger partial charge in [0.05, 0.1) is 5.56 Å². The predicted molar refractivity (Wildman–Crippen MR) is 80.9 cm³/mol. The van der Waals surface area contributed by atoms with Gasteiger partial charge in [0.1, 0.15) is 18.2 Å². The second-order valence-corrected chi connectivity index (χ2v) is 5.63. The molecular weight excluding hydrogens is 306 g/mol. The third kappa shape index (κ3) is 3.94. The molecule has 1 fully saturated rings. The molecule has 0 spiro atoms. The number of likely N-dealkylation sites (tertiary alicyclic amines) is 1. The van der Waals surface area contributed by atoms with Crippen molar-refractivity contribution in [3.8, 4) is 5.75 Å². The Morgan fingerprint density at radius 2 is 2.05 bits per heavy atom. The van der Waals surface area contributed by atoms with Gasteiger partial charge in [-0.3, -0.25) is 10.3 Å². The zero-order chi connectivity index (χ0) is 13.7. The van der Waals surface area contributed by atoms with Gasteiger partial charge in [-0.25, -0.2) is 0 Å². The first kappa shape index (κ1) is 14.3. The Morgan fingerprint density at radius 1 is 1.32 bits per heavy atom. The van der Waals surface area contributed by atoms with E-state index in [1.165, 1.54) is 32.4 Å². The molecule has 5 heteroatoms. The number of nitrogens with one attached hydrogen (secondary N) is 1. The quantitative estimate of drug-likeness (QED) is 0.646. The molecule has 4 nitrogen and oxygen atoms in total. The van der Waals surface area contributed by atoms with Gasteiger partial charge < -0.3 is 10.5 Å². The largest absolute Gasteiger partial charge is 0.491 e. The number of nitrogen functional groups attached to an aromatic ring is 1. The second-order valence-electron chi connectivity index (χ2n) is 4.78. The first-order valence-electron chi connectivity index (χ1n) is 6.66. The minimum absolute atomic E-state index is 0.0282. The second kappa shape index (κ2) is 6.91. The molecule has 0 bridgehead atoms. The number of hydrogen-bond donors (Lipinski definition) is 2. The average Bonchev–Trinajstić information content (AvgIpc) is 2.39. The van der Waals surface area contributed by atoms with Crippen LogP contribution in [0.15, 0.2) is 22.7 Å². The maximum atomic E-state index is 7.61. The van der Waals surface area contributed by atoms with Crippen LogP contribution in [-0.4, -0.2) is 37.0 Å². The number of rotatable bonds is 5. The molecule has 0 amide bonds. The normalized spacial score (nSPS) is 16.3. The standard InChI is InChI=1S/C14H20BrN3O/c15-11-5-4-6-12(13(11)14(16)17)19-10-9-18-7-2-1-3-8-18/h4-6H,1-3,7-10H2,(H3,16,17). The molecule has 19 heavy (non-hydrogen) atoms. The van der Waals surface area contributed by atoms with Crippen molar-refractivity contribution in [2.24, 2.45) is 5.73 Å². The van der Waals surface area contributed by atoms with Crippen molar-refractivity contribution in [2.75, 3.05) is 26.2 Å². The molecular formula is C14H20BrN3O. The van der Waals surface area contributed by atoms with Crippen molar-refractivity contribution in [3.63, 3.8) is 0 Å². The maximum Gasteiger partial charge on any atom is 0.131 e. The van der Waals surface area contributed by atoms with E-state index in [4.69, 9.17) is 15.9 Å². The van der Waals surface area contributed by atoms with E-state index in [0.29, 0.717) is 17.9 Å². The first-order valence-corrected chi connectivity index (χ1v) is 7.46.